The van der Waals surface area contributed by atoms with E-state index in [-0.39, 0.29) is 0 Å². The van der Waals surface area contributed by atoms with Crippen molar-refractivity contribution >= 4 is 6.09 Å². The first-order chi connectivity index (χ1) is 4.50. The maximum absolute atomic E-state index is 9.60. The van der Waals surface area contributed by atoms with Gasteiger partial charge in [0.15, 0.2) is 0 Å². The molecule has 3 heteroatoms. The molecular weight excluding hydrogens is 130 g/mol. The summed E-state index contributed by atoms with van der Waals surface area (Å²) in [5.74, 6) is 0. The summed E-state index contributed by atoms with van der Waals surface area (Å²) in [5, 5.41) is 0. The van der Waals surface area contributed by atoms with E-state index in [1.54, 1.807) is 6.92 Å². The summed E-state index contributed by atoms with van der Waals surface area (Å²) >= 11 is 0. The molecule has 0 atom stereocenters. The van der Waals surface area contributed by atoms with Gasteiger partial charge >= 0.3 is 6.09 Å². The maximum atomic E-state index is 9.60. The average Bonchev–Trinajstić information content (AvgIpc) is 1.62. The first kappa shape index (κ1) is 11.8. The van der Waals surface area contributed by atoms with Gasteiger partial charge in [-0.2, -0.15) is 0 Å². The number of hydrogen-bond acceptors (Lipinski definition) is 2. The molecule has 0 radical (unpaired) electrons. The van der Waals surface area contributed by atoms with Gasteiger partial charge in [-0.05, 0) is 20.8 Å². The second-order valence-electron chi connectivity index (χ2n) is 1.96. The Morgan fingerprint density at radius 3 is 1.90 bits per heavy atom. The van der Waals surface area contributed by atoms with Gasteiger partial charge in [-0.3, -0.25) is 0 Å². The van der Waals surface area contributed by atoms with Crippen molar-refractivity contribution in [2.75, 3.05) is 6.61 Å². The van der Waals surface area contributed by atoms with Gasteiger partial charge in [0, 0.05) is 0 Å². The van der Waals surface area contributed by atoms with E-state index < -0.39 is 6.09 Å². The fourth-order valence-electron chi connectivity index (χ4n) is 0.142. The Kier molecular flexibility index (Phi) is 9.42. The Morgan fingerprint density at radius 1 is 1.60 bits per heavy atom. The molecule has 0 saturated heterocycles. The van der Waals surface area contributed by atoms with Gasteiger partial charge in [-0.1, -0.05) is 5.57 Å². The molecule has 0 aliphatic rings. The number of hydrogen-bond donors (Lipinski definition) is 1. The van der Waals surface area contributed by atoms with Crippen molar-refractivity contribution in [2.45, 2.75) is 20.8 Å². The topological polar surface area (TPSA) is 52.3 Å². The van der Waals surface area contributed by atoms with Crippen molar-refractivity contribution in [1.29, 1.82) is 0 Å². The van der Waals surface area contributed by atoms with Crippen LogP contribution in [0.25, 0.3) is 0 Å². The van der Waals surface area contributed by atoms with E-state index >= 15 is 0 Å². The van der Waals surface area contributed by atoms with Gasteiger partial charge in [-0.15, -0.1) is 6.58 Å². The number of rotatable bonds is 1. The Morgan fingerprint density at radius 2 is 1.90 bits per heavy atom. The lowest BCUT2D eigenvalue weighted by atomic mass is 10.4. The molecule has 0 aliphatic carbocycles. The van der Waals surface area contributed by atoms with E-state index in [1.807, 2.05) is 13.8 Å². The average molecular weight is 145 g/mol. The van der Waals surface area contributed by atoms with E-state index in [4.69, 9.17) is 0 Å². The molecule has 0 saturated carbocycles. The smallest absolute Gasteiger partial charge is 0.404 e. The van der Waals surface area contributed by atoms with Crippen molar-refractivity contribution < 1.29 is 9.53 Å². The number of carbonyl (C=O) groups excluding carboxylic acids is 1. The minimum atomic E-state index is -0.711. The quantitative estimate of drug-likeness (QED) is 0.571. The molecule has 0 aromatic carbocycles. The third-order valence-corrected chi connectivity index (χ3v) is 0.287. The van der Waals surface area contributed by atoms with Crippen LogP contribution >= 0.6 is 0 Å². The van der Waals surface area contributed by atoms with Crippen LogP contribution in [0.2, 0.25) is 0 Å². The van der Waals surface area contributed by atoms with Gasteiger partial charge < -0.3 is 10.5 Å². The van der Waals surface area contributed by atoms with Crippen LogP contribution in [0.1, 0.15) is 20.8 Å². The van der Waals surface area contributed by atoms with Crippen LogP contribution in [0, 0.1) is 0 Å². The van der Waals surface area contributed by atoms with Gasteiger partial charge in [-0.25, -0.2) is 4.79 Å². The molecular formula is C7H15NO2. The van der Waals surface area contributed by atoms with Crippen molar-refractivity contribution in [2.24, 2.45) is 5.73 Å². The minimum absolute atomic E-state index is 0.356. The molecule has 0 heterocycles. The van der Waals surface area contributed by atoms with Gasteiger partial charge in [0.05, 0.1) is 6.61 Å². The zero-order valence-corrected chi connectivity index (χ0v) is 6.81. The normalized spacial score (nSPS) is 7.10. The van der Waals surface area contributed by atoms with Crippen molar-refractivity contribution in [3.8, 4) is 0 Å². The molecule has 0 aromatic heterocycles. The molecule has 0 bridgehead atoms. The molecule has 0 rings (SSSR count). The maximum Gasteiger partial charge on any atom is 0.404 e. The summed E-state index contributed by atoms with van der Waals surface area (Å²) in [4.78, 5) is 9.60. The Hall–Kier alpha value is -0.990. The number of amides is 1. The molecule has 0 fully saturated rings. The van der Waals surface area contributed by atoms with Gasteiger partial charge in [0.25, 0.3) is 0 Å². The molecule has 0 aliphatic heterocycles. The number of carbonyl (C=O) groups is 1. The van der Waals surface area contributed by atoms with E-state index in [1.165, 1.54) is 5.57 Å². The number of allylic oxidation sites excluding steroid dienone is 1. The van der Waals surface area contributed by atoms with Crippen LogP contribution in [0.5, 0.6) is 0 Å². The summed E-state index contributed by atoms with van der Waals surface area (Å²) in [5.41, 5.74) is 5.71. The Balaban J connectivity index is 0. The summed E-state index contributed by atoms with van der Waals surface area (Å²) in [6.07, 6.45) is -0.711. The van der Waals surface area contributed by atoms with Crippen molar-refractivity contribution in [3.63, 3.8) is 0 Å². The summed E-state index contributed by atoms with van der Waals surface area (Å²) in [6.45, 7) is 9.56. The molecule has 60 valence electrons. The Bertz CT molecular complexity index is 106. The lowest BCUT2D eigenvalue weighted by Crippen LogP contribution is -2.11. The summed E-state index contributed by atoms with van der Waals surface area (Å²) in [7, 11) is 0. The molecule has 1 amide bonds. The first-order valence-corrected chi connectivity index (χ1v) is 3.05. The molecule has 3 nitrogen and oxygen atoms in total. The van der Waals surface area contributed by atoms with Crippen molar-refractivity contribution in [3.05, 3.63) is 12.2 Å². The zero-order valence-electron chi connectivity index (χ0n) is 6.81. The lowest BCUT2D eigenvalue weighted by Gasteiger charge is -1.89. The van der Waals surface area contributed by atoms with Crippen LogP contribution in [0.15, 0.2) is 12.2 Å². The van der Waals surface area contributed by atoms with Crippen molar-refractivity contribution in [1.82, 2.24) is 0 Å². The van der Waals surface area contributed by atoms with Crippen LogP contribution in [-0.2, 0) is 4.74 Å². The number of nitrogens with two attached hydrogens (primary N) is 1. The predicted octanol–water partition coefficient (Wildman–Crippen LogP) is 1.68. The minimum Gasteiger partial charge on any atom is -0.450 e. The van der Waals surface area contributed by atoms with Gasteiger partial charge in [0.1, 0.15) is 0 Å². The van der Waals surface area contributed by atoms with Crippen LogP contribution in [-0.4, -0.2) is 12.7 Å². The highest BCUT2D eigenvalue weighted by Crippen LogP contribution is 1.73. The fraction of sp³-hybridized carbons (Fsp3) is 0.571. The standard InChI is InChI=1S/C4H8.C3H7NO2/c1-4(2)3;1-2-6-3(4)5/h1H2,2-3H3;2H2,1H3,(H2,4,5). The molecule has 0 aromatic rings. The third-order valence-electron chi connectivity index (χ3n) is 0.287. The Labute approximate surface area is 61.9 Å². The van der Waals surface area contributed by atoms with E-state index in [0.29, 0.717) is 6.61 Å². The highest BCUT2D eigenvalue weighted by Gasteiger charge is 1.82. The zero-order chi connectivity index (χ0) is 8.57. The summed E-state index contributed by atoms with van der Waals surface area (Å²) in [6, 6.07) is 0. The lowest BCUT2D eigenvalue weighted by molar-refractivity contribution is 0.163. The highest BCUT2D eigenvalue weighted by molar-refractivity contribution is 5.64. The first-order valence-electron chi connectivity index (χ1n) is 3.05. The highest BCUT2D eigenvalue weighted by atomic mass is 16.5. The SMILES string of the molecule is C=C(C)C.CCOC(N)=O. The van der Waals surface area contributed by atoms with Crippen LogP contribution in [0.3, 0.4) is 0 Å². The molecule has 0 spiro atoms. The van der Waals surface area contributed by atoms with Crippen LogP contribution < -0.4 is 5.73 Å². The van der Waals surface area contributed by atoms with E-state index in [2.05, 4.69) is 17.0 Å². The number of primary amides is 1. The summed E-state index contributed by atoms with van der Waals surface area (Å²) < 4.78 is 4.18. The van der Waals surface area contributed by atoms with Gasteiger partial charge in [0.2, 0.25) is 0 Å². The third kappa shape index (κ3) is 62.7. The molecule has 2 N–H and O–H groups in total. The van der Waals surface area contributed by atoms with Crippen LogP contribution in [0.4, 0.5) is 4.79 Å². The predicted molar refractivity (Wildman–Crippen MR) is 41.7 cm³/mol. The number of ether oxygens (including phenoxy) is 1. The second kappa shape index (κ2) is 8.01. The fourth-order valence-corrected chi connectivity index (χ4v) is 0.142. The largest absolute Gasteiger partial charge is 0.450 e. The molecule has 0 unspecified atom stereocenters. The van der Waals surface area contributed by atoms with E-state index in [0.717, 1.165) is 0 Å². The second-order valence-corrected chi connectivity index (χ2v) is 1.96. The monoisotopic (exact) mass is 145 g/mol. The molecule has 10 heavy (non-hydrogen) atoms. The van der Waals surface area contributed by atoms with E-state index in [9.17, 15) is 4.79 Å².